The van der Waals surface area contributed by atoms with Crippen LogP contribution in [0.5, 0.6) is 0 Å². The highest BCUT2D eigenvalue weighted by Crippen LogP contribution is 2.45. The molecule has 2 saturated carbocycles. The molecular formula is C9H15N3S. The van der Waals surface area contributed by atoms with E-state index in [-0.39, 0.29) is 0 Å². The Balaban J connectivity index is 1.82. The van der Waals surface area contributed by atoms with Gasteiger partial charge in [-0.25, -0.2) is 0 Å². The fourth-order valence-corrected chi connectivity index (χ4v) is 1.81. The minimum absolute atomic E-state index is 0.606. The molecule has 0 saturated heterocycles. The summed E-state index contributed by atoms with van der Waals surface area (Å²) in [4.78, 5) is 0. The Hall–Kier alpha value is -0.640. The number of hydrazone groups is 1. The van der Waals surface area contributed by atoms with E-state index < -0.39 is 0 Å². The van der Waals surface area contributed by atoms with Crippen LogP contribution in [0.15, 0.2) is 5.10 Å². The van der Waals surface area contributed by atoms with Gasteiger partial charge in [0.25, 0.3) is 0 Å². The summed E-state index contributed by atoms with van der Waals surface area (Å²) >= 11 is 4.94. The number of hydrogen-bond acceptors (Lipinski definition) is 2. The van der Waals surface area contributed by atoms with Crippen LogP contribution in [0.1, 0.15) is 25.7 Å². The topological polar surface area (TPSA) is 36.4 Å². The summed E-state index contributed by atoms with van der Waals surface area (Å²) < 4.78 is 0. The van der Waals surface area contributed by atoms with Crippen LogP contribution >= 0.6 is 12.2 Å². The molecule has 0 aliphatic heterocycles. The van der Waals surface area contributed by atoms with E-state index in [0.29, 0.717) is 5.11 Å². The van der Waals surface area contributed by atoms with Gasteiger partial charge in [0.2, 0.25) is 0 Å². The first kappa shape index (κ1) is 8.94. The molecule has 4 heteroatoms. The fraction of sp³-hybridized carbons (Fsp3) is 0.778. The maximum absolute atomic E-state index is 4.94. The summed E-state index contributed by atoms with van der Waals surface area (Å²) in [5, 5.41) is 7.75. The Kier molecular flexibility index (Phi) is 2.49. The van der Waals surface area contributed by atoms with Crippen LogP contribution in [-0.2, 0) is 0 Å². The third-order valence-corrected chi connectivity index (χ3v) is 3.15. The first-order valence-electron chi connectivity index (χ1n) is 4.85. The van der Waals surface area contributed by atoms with Crippen molar-refractivity contribution in [2.45, 2.75) is 25.7 Å². The van der Waals surface area contributed by atoms with Crippen LogP contribution in [0.25, 0.3) is 0 Å². The third kappa shape index (κ3) is 1.99. The normalized spacial score (nSPS) is 29.6. The number of nitrogens with zero attached hydrogens (tertiary/aromatic N) is 1. The Morgan fingerprint density at radius 2 is 2.23 bits per heavy atom. The van der Waals surface area contributed by atoms with Crippen LogP contribution in [0.4, 0.5) is 0 Å². The molecule has 1 atom stereocenters. The highest BCUT2D eigenvalue weighted by molar-refractivity contribution is 7.80. The zero-order valence-electron chi connectivity index (χ0n) is 7.84. The Labute approximate surface area is 84.0 Å². The third-order valence-electron chi connectivity index (χ3n) is 2.86. The van der Waals surface area contributed by atoms with Crippen molar-refractivity contribution in [2.24, 2.45) is 16.9 Å². The Bertz CT molecular complexity index is 245. The van der Waals surface area contributed by atoms with E-state index in [1.54, 1.807) is 7.05 Å². The van der Waals surface area contributed by atoms with Crippen molar-refractivity contribution in [3.63, 3.8) is 0 Å². The van der Waals surface area contributed by atoms with E-state index in [9.17, 15) is 0 Å². The van der Waals surface area contributed by atoms with E-state index in [1.165, 1.54) is 25.0 Å². The lowest BCUT2D eigenvalue weighted by Crippen LogP contribution is -2.34. The van der Waals surface area contributed by atoms with E-state index in [1.807, 2.05) is 0 Å². The molecule has 1 unspecified atom stereocenters. The standard InChI is InChI=1S/C9H15N3S/c1-10-9(13)12-11-8-5-4-7(8)6-2-3-6/h6-7H,2-5H2,1H3,(H2,10,12,13)/b11-8-. The quantitative estimate of drug-likeness (QED) is 0.517. The van der Waals surface area contributed by atoms with Gasteiger partial charge >= 0.3 is 0 Å². The molecule has 2 fully saturated rings. The molecule has 0 amide bonds. The van der Waals surface area contributed by atoms with Crippen molar-refractivity contribution in [2.75, 3.05) is 7.05 Å². The van der Waals surface area contributed by atoms with Crippen LogP contribution in [0.2, 0.25) is 0 Å². The fourth-order valence-electron chi connectivity index (χ4n) is 1.76. The largest absolute Gasteiger partial charge is 0.364 e. The lowest BCUT2D eigenvalue weighted by atomic mass is 9.79. The summed E-state index contributed by atoms with van der Waals surface area (Å²) in [5.41, 5.74) is 4.17. The van der Waals surface area contributed by atoms with Gasteiger partial charge < -0.3 is 5.32 Å². The molecule has 13 heavy (non-hydrogen) atoms. The van der Waals surface area contributed by atoms with Gasteiger partial charge in [-0.3, -0.25) is 5.43 Å². The van der Waals surface area contributed by atoms with Gasteiger partial charge in [-0.15, -0.1) is 0 Å². The molecule has 72 valence electrons. The summed E-state index contributed by atoms with van der Waals surface area (Å²) in [7, 11) is 1.80. The number of hydrogen-bond donors (Lipinski definition) is 2. The molecule has 0 aromatic carbocycles. The Morgan fingerprint density at radius 1 is 1.46 bits per heavy atom. The van der Waals surface area contributed by atoms with Crippen LogP contribution in [-0.4, -0.2) is 17.9 Å². The summed E-state index contributed by atoms with van der Waals surface area (Å²) in [5.74, 6) is 1.71. The molecule has 0 aromatic rings. The zero-order valence-corrected chi connectivity index (χ0v) is 8.66. The summed E-state index contributed by atoms with van der Waals surface area (Å²) in [6.45, 7) is 0. The highest BCUT2D eigenvalue weighted by Gasteiger charge is 2.39. The maximum atomic E-state index is 4.94. The van der Waals surface area contributed by atoms with E-state index in [0.717, 1.165) is 18.3 Å². The minimum atomic E-state index is 0.606. The van der Waals surface area contributed by atoms with Gasteiger partial charge in [-0.05, 0) is 43.8 Å². The SMILES string of the molecule is CNC(=S)N/N=C1/CCC1C1CC1. The van der Waals surface area contributed by atoms with Crippen LogP contribution < -0.4 is 10.7 Å². The molecule has 0 radical (unpaired) electrons. The Morgan fingerprint density at radius 3 is 2.69 bits per heavy atom. The summed E-state index contributed by atoms with van der Waals surface area (Å²) in [6.07, 6.45) is 5.29. The molecule has 2 rings (SSSR count). The van der Waals surface area contributed by atoms with Gasteiger partial charge in [0.05, 0.1) is 0 Å². The van der Waals surface area contributed by atoms with Crippen molar-refractivity contribution in [1.82, 2.24) is 10.7 Å². The molecule has 0 spiro atoms. The predicted molar refractivity (Wildman–Crippen MR) is 57.7 cm³/mol. The number of rotatable bonds is 2. The molecule has 0 heterocycles. The number of thiocarbonyl (C=S) groups is 1. The second kappa shape index (κ2) is 3.62. The average Bonchev–Trinajstić information content (AvgIpc) is 2.86. The van der Waals surface area contributed by atoms with Crippen molar-refractivity contribution in [3.8, 4) is 0 Å². The molecule has 3 nitrogen and oxygen atoms in total. The molecule has 2 aliphatic carbocycles. The van der Waals surface area contributed by atoms with Gasteiger partial charge in [-0.2, -0.15) is 5.10 Å². The maximum Gasteiger partial charge on any atom is 0.186 e. The lowest BCUT2D eigenvalue weighted by Gasteiger charge is -2.28. The van der Waals surface area contributed by atoms with Gasteiger partial charge in [0.15, 0.2) is 5.11 Å². The smallest absolute Gasteiger partial charge is 0.186 e. The molecule has 2 N–H and O–H groups in total. The molecule has 0 bridgehead atoms. The van der Waals surface area contributed by atoms with Gasteiger partial charge in [-0.1, -0.05) is 0 Å². The van der Waals surface area contributed by atoms with E-state index >= 15 is 0 Å². The first-order valence-corrected chi connectivity index (χ1v) is 5.26. The second-order valence-electron chi connectivity index (χ2n) is 3.78. The van der Waals surface area contributed by atoms with Crippen LogP contribution in [0.3, 0.4) is 0 Å². The first-order chi connectivity index (χ1) is 6.31. The second-order valence-corrected chi connectivity index (χ2v) is 4.18. The molecule has 0 aromatic heterocycles. The average molecular weight is 197 g/mol. The minimum Gasteiger partial charge on any atom is -0.364 e. The van der Waals surface area contributed by atoms with Gasteiger partial charge in [0, 0.05) is 18.7 Å². The highest BCUT2D eigenvalue weighted by atomic mass is 32.1. The van der Waals surface area contributed by atoms with Gasteiger partial charge in [0.1, 0.15) is 0 Å². The molecular weight excluding hydrogens is 182 g/mol. The van der Waals surface area contributed by atoms with Crippen molar-refractivity contribution in [1.29, 1.82) is 0 Å². The van der Waals surface area contributed by atoms with Crippen molar-refractivity contribution >= 4 is 23.0 Å². The number of nitrogens with one attached hydrogen (secondary N) is 2. The van der Waals surface area contributed by atoms with Crippen molar-refractivity contribution in [3.05, 3.63) is 0 Å². The monoisotopic (exact) mass is 197 g/mol. The zero-order chi connectivity index (χ0) is 9.26. The predicted octanol–water partition coefficient (Wildman–Crippen LogP) is 1.26. The van der Waals surface area contributed by atoms with Crippen molar-refractivity contribution < 1.29 is 0 Å². The van der Waals surface area contributed by atoms with E-state index in [4.69, 9.17) is 12.2 Å². The molecule has 2 aliphatic rings. The van der Waals surface area contributed by atoms with Crippen LogP contribution in [0, 0.1) is 11.8 Å². The summed E-state index contributed by atoms with van der Waals surface area (Å²) in [6, 6.07) is 0. The lowest BCUT2D eigenvalue weighted by molar-refractivity contribution is 0.488. The van der Waals surface area contributed by atoms with E-state index in [2.05, 4.69) is 15.8 Å².